The van der Waals surface area contributed by atoms with E-state index < -0.39 is 0 Å². The Morgan fingerprint density at radius 1 is 1.31 bits per heavy atom. The van der Waals surface area contributed by atoms with E-state index in [0.29, 0.717) is 11.0 Å². The maximum atomic E-state index is 12.8. The van der Waals surface area contributed by atoms with Crippen molar-refractivity contribution >= 4 is 22.5 Å². The number of nitrogens with zero attached hydrogens (tertiary/aromatic N) is 3. The molecule has 0 spiro atoms. The van der Waals surface area contributed by atoms with Crippen molar-refractivity contribution in [2.24, 2.45) is 5.41 Å². The number of pyridine rings is 1. The molecule has 2 fully saturated rings. The van der Waals surface area contributed by atoms with E-state index in [0.717, 1.165) is 38.2 Å². The fourth-order valence-corrected chi connectivity index (χ4v) is 4.95. The van der Waals surface area contributed by atoms with Gasteiger partial charge in [-0.2, -0.15) is 0 Å². The molecule has 4 rings (SSSR count). The Bertz CT molecular complexity index is 771. The quantitative estimate of drug-likeness (QED) is 0.883. The highest BCUT2D eigenvalue weighted by atomic mass is 32.1. The summed E-state index contributed by atoms with van der Waals surface area (Å²) in [4.78, 5) is 24.4. The summed E-state index contributed by atoms with van der Waals surface area (Å²) < 4.78 is 5.42. The molecule has 1 unspecified atom stereocenters. The van der Waals surface area contributed by atoms with Crippen LogP contribution in [0.4, 0.5) is 9.93 Å². The molecular formula is C19H24N4O2S. The smallest absolute Gasteiger partial charge is 0.324 e. The SMILES string of the molecule is CC1(C)CN(C(=O)Nc2ncc(C3CCOCC3)s2)C1c1ccncc1. The molecule has 26 heavy (non-hydrogen) atoms. The minimum absolute atomic E-state index is 0.0504. The van der Waals surface area contributed by atoms with Crippen LogP contribution in [-0.4, -0.2) is 40.7 Å². The number of carbonyl (C=O) groups is 1. The van der Waals surface area contributed by atoms with Gasteiger partial charge < -0.3 is 9.64 Å². The number of carbonyl (C=O) groups excluding carboxylic acids is 1. The zero-order valence-corrected chi connectivity index (χ0v) is 16.0. The Morgan fingerprint density at radius 3 is 2.73 bits per heavy atom. The molecule has 0 radical (unpaired) electrons. The third kappa shape index (κ3) is 3.33. The van der Waals surface area contributed by atoms with Gasteiger partial charge in [-0.15, -0.1) is 11.3 Å². The van der Waals surface area contributed by atoms with Gasteiger partial charge >= 0.3 is 6.03 Å². The second-order valence-electron chi connectivity index (χ2n) is 7.68. The first kappa shape index (κ1) is 17.4. The van der Waals surface area contributed by atoms with Crippen molar-refractivity contribution in [3.63, 3.8) is 0 Å². The average Bonchev–Trinajstić information content (AvgIpc) is 3.10. The van der Waals surface area contributed by atoms with Crippen LogP contribution >= 0.6 is 11.3 Å². The molecule has 2 saturated heterocycles. The van der Waals surface area contributed by atoms with E-state index in [2.05, 4.69) is 29.1 Å². The Morgan fingerprint density at radius 2 is 2.04 bits per heavy atom. The number of urea groups is 1. The lowest BCUT2D eigenvalue weighted by molar-refractivity contribution is -0.0115. The zero-order chi connectivity index (χ0) is 18.1. The van der Waals surface area contributed by atoms with Crippen molar-refractivity contribution in [1.82, 2.24) is 14.9 Å². The fourth-order valence-electron chi connectivity index (χ4n) is 3.97. The Balaban J connectivity index is 1.44. The molecule has 4 heterocycles. The average molecular weight is 372 g/mol. The summed E-state index contributed by atoms with van der Waals surface area (Å²) in [6.45, 7) is 6.72. The Hall–Kier alpha value is -1.99. The lowest BCUT2D eigenvalue weighted by Gasteiger charge is -2.54. The van der Waals surface area contributed by atoms with Gasteiger partial charge in [0.15, 0.2) is 5.13 Å². The first-order valence-corrected chi connectivity index (χ1v) is 9.87. The van der Waals surface area contributed by atoms with E-state index in [1.165, 1.54) is 4.88 Å². The monoisotopic (exact) mass is 372 g/mol. The second kappa shape index (κ2) is 6.96. The molecule has 0 aliphatic carbocycles. The van der Waals surface area contributed by atoms with Gasteiger partial charge in [0.25, 0.3) is 0 Å². The molecule has 0 aromatic carbocycles. The summed E-state index contributed by atoms with van der Waals surface area (Å²) in [7, 11) is 0. The lowest BCUT2D eigenvalue weighted by Crippen LogP contribution is -2.58. The summed E-state index contributed by atoms with van der Waals surface area (Å²) in [6.07, 6.45) is 7.51. The van der Waals surface area contributed by atoms with Crippen LogP contribution < -0.4 is 5.32 Å². The number of amides is 2. The third-order valence-corrected chi connectivity index (χ3v) is 6.35. The van der Waals surface area contributed by atoms with Gasteiger partial charge in [-0.3, -0.25) is 10.3 Å². The molecule has 138 valence electrons. The standard InChI is InChI=1S/C19H24N4O2S/c1-19(2)12-23(16(19)14-3-7-20-8-4-14)18(24)22-17-21-11-15(26-17)13-5-9-25-10-6-13/h3-4,7-8,11,13,16H,5-6,9-10,12H2,1-2H3,(H,21,22,24). The molecule has 2 amide bonds. The summed E-state index contributed by atoms with van der Waals surface area (Å²) in [5.74, 6) is 0.499. The number of aromatic nitrogens is 2. The molecule has 6 nitrogen and oxygen atoms in total. The zero-order valence-electron chi connectivity index (χ0n) is 15.1. The maximum absolute atomic E-state index is 12.8. The topological polar surface area (TPSA) is 67.4 Å². The highest BCUT2D eigenvalue weighted by Crippen LogP contribution is 2.48. The maximum Gasteiger partial charge on any atom is 0.324 e. The van der Waals surface area contributed by atoms with E-state index >= 15 is 0 Å². The van der Waals surface area contributed by atoms with Crippen LogP contribution in [-0.2, 0) is 4.74 Å². The molecule has 1 atom stereocenters. The molecule has 2 aromatic rings. The van der Waals surface area contributed by atoms with E-state index in [1.54, 1.807) is 23.7 Å². The van der Waals surface area contributed by atoms with Crippen LogP contribution in [0.2, 0.25) is 0 Å². The van der Waals surface area contributed by atoms with Gasteiger partial charge in [0, 0.05) is 48.6 Å². The van der Waals surface area contributed by atoms with E-state index in [4.69, 9.17) is 4.74 Å². The number of thiazole rings is 1. The Kier molecular flexibility index (Phi) is 4.67. The first-order valence-electron chi connectivity index (χ1n) is 9.05. The number of likely N-dealkylation sites (tertiary alicyclic amines) is 1. The van der Waals surface area contributed by atoms with Gasteiger partial charge in [-0.1, -0.05) is 13.8 Å². The minimum Gasteiger partial charge on any atom is -0.381 e. The van der Waals surface area contributed by atoms with Crippen LogP contribution in [0.3, 0.4) is 0 Å². The highest BCUT2D eigenvalue weighted by molar-refractivity contribution is 7.15. The number of nitrogens with one attached hydrogen (secondary N) is 1. The number of ether oxygens (including phenoxy) is 1. The normalized spacial score (nSPS) is 22.7. The highest BCUT2D eigenvalue weighted by Gasteiger charge is 2.49. The molecule has 7 heteroatoms. The van der Waals surface area contributed by atoms with Crippen LogP contribution in [0.1, 0.15) is 49.1 Å². The summed E-state index contributed by atoms with van der Waals surface area (Å²) in [5, 5.41) is 3.66. The predicted octanol–water partition coefficient (Wildman–Crippen LogP) is 4.05. The van der Waals surface area contributed by atoms with Crippen LogP contribution in [0.15, 0.2) is 30.7 Å². The van der Waals surface area contributed by atoms with Crippen molar-refractivity contribution in [1.29, 1.82) is 0 Å². The predicted molar refractivity (Wildman–Crippen MR) is 101 cm³/mol. The molecule has 2 aliphatic heterocycles. The molecule has 2 aromatic heterocycles. The molecular weight excluding hydrogens is 348 g/mol. The molecule has 0 bridgehead atoms. The largest absolute Gasteiger partial charge is 0.381 e. The summed E-state index contributed by atoms with van der Waals surface area (Å²) in [6, 6.07) is 3.94. The van der Waals surface area contributed by atoms with E-state index in [9.17, 15) is 4.79 Å². The number of rotatable bonds is 3. The number of hydrogen-bond acceptors (Lipinski definition) is 5. The van der Waals surface area contributed by atoms with E-state index in [-0.39, 0.29) is 17.5 Å². The van der Waals surface area contributed by atoms with Gasteiger partial charge in [0.1, 0.15) is 0 Å². The summed E-state index contributed by atoms with van der Waals surface area (Å²) in [5.41, 5.74) is 1.17. The number of hydrogen-bond donors (Lipinski definition) is 1. The van der Waals surface area contributed by atoms with Crippen molar-refractivity contribution < 1.29 is 9.53 Å². The van der Waals surface area contributed by atoms with Crippen molar-refractivity contribution in [2.75, 3.05) is 25.1 Å². The van der Waals surface area contributed by atoms with Crippen molar-refractivity contribution in [3.05, 3.63) is 41.2 Å². The first-order chi connectivity index (χ1) is 12.5. The Labute approximate surface area is 157 Å². The van der Waals surface area contributed by atoms with Gasteiger partial charge in [-0.05, 0) is 36.5 Å². The van der Waals surface area contributed by atoms with Gasteiger partial charge in [0.05, 0.1) is 6.04 Å². The van der Waals surface area contributed by atoms with Crippen molar-refractivity contribution in [2.45, 2.75) is 38.6 Å². The van der Waals surface area contributed by atoms with Crippen LogP contribution in [0.25, 0.3) is 0 Å². The van der Waals surface area contributed by atoms with Gasteiger partial charge in [0.2, 0.25) is 0 Å². The van der Waals surface area contributed by atoms with Gasteiger partial charge in [-0.25, -0.2) is 9.78 Å². The third-order valence-electron chi connectivity index (χ3n) is 5.27. The molecule has 0 saturated carbocycles. The minimum atomic E-state index is -0.0842. The van der Waals surface area contributed by atoms with Crippen LogP contribution in [0.5, 0.6) is 0 Å². The molecule has 1 N–H and O–H groups in total. The second-order valence-corrected chi connectivity index (χ2v) is 8.75. The summed E-state index contributed by atoms with van der Waals surface area (Å²) >= 11 is 1.58. The van der Waals surface area contributed by atoms with Crippen LogP contribution in [0, 0.1) is 5.41 Å². The number of anilines is 1. The van der Waals surface area contributed by atoms with E-state index in [1.807, 2.05) is 23.2 Å². The fraction of sp³-hybridized carbons (Fsp3) is 0.526. The molecule has 2 aliphatic rings. The lowest BCUT2D eigenvalue weighted by atomic mass is 9.72. The van der Waals surface area contributed by atoms with Crippen molar-refractivity contribution in [3.8, 4) is 0 Å².